The van der Waals surface area contributed by atoms with E-state index in [1.165, 1.54) is 31.4 Å². The Morgan fingerprint density at radius 1 is 0.980 bits per heavy atom. The summed E-state index contributed by atoms with van der Waals surface area (Å²) in [6.07, 6.45) is 8.07. The van der Waals surface area contributed by atoms with Gasteiger partial charge in [-0.2, -0.15) is 4.98 Å². The van der Waals surface area contributed by atoms with Gasteiger partial charge in [0.05, 0.1) is 41.3 Å². The van der Waals surface area contributed by atoms with Gasteiger partial charge >= 0.3 is 0 Å². The van der Waals surface area contributed by atoms with Gasteiger partial charge in [0.25, 0.3) is 15.9 Å². The van der Waals surface area contributed by atoms with E-state index in [0.717, 1.165) is 35.5 Å². The van der Waals surface area contributed by atoms with Gasteiger partial charge in [0.1, 0.15) is 12.4 Å². The van der Waals surface area contributed by atoms with Crippen LogP contribution in [-0.2, 0) is 16.6 Å². The average molecular weight is 682 g/mol. The molecular weight excluding hydrogens is 639 g/mol. The summed E-state index contributed by atoms with van der Waals surface area (Å²) in [5, 5.41) is 0. The number of hydrogen-bond acceptors (Lipinski definition) is 9. The number of aromatic nitrogens is 4. The molecule has 1 aliphatic carbocycles. The van der Waals surface area contributed by atoms with Gasteiger partial charge in [0.15, 0.2) is 0 Å². The van der Waals surface area contributed by atoms with Crippen molar-refractivity contribution in [2.75, 3.05) is 29.3 Å². The molecule has 2 fully saturated rings. The molecule has 0 unspecified atom stereocenters. The zero-order chi connectivity index (χ0) is 34.6. The van der Waals surface area contributed by atoms with E-state index in [1.54, 1.807) is 23.1 Å². The summed E-state index contributed by atoms with van der Waals surface area (Å²) < 4.78 is 36.3. The minimum absolute atomic E-state index is 0.0758. The van der Waals surface area contributed by atoms with E-state index in [2.05, 4.69) is 40.4 Å². The van der Waals surface area contributed by atoms with Crippen LogP contribution in [0.5, 0.6) is 5.88 Å². The molecule has 4 heterocycles. The number of benzene rings is 2. The Morgan fingerprint density at radius 2 is 1.69 bits per heavy atom. The number of nitrogens with zero attached hydrogens (tertiary/aromatic N) is 6. The van der Waals surface area contributed by atoms with Crippen molar-refractivity contribution in [1.82, 2.24) is 24.8 Å². The van der Waals surface area contributed by atoms with Crippen LogP contribution in [0.4, 0.5) is 11.6 Å². The molecule has 12 heteroatoms. The van der Waals surface area contributed by atoms with Crippen molar-refractivity contribution in [3.8, 4) is 17.1 Å². The molecule has 1 saturated carbocycles. The Morgan fingerprint density at radius 3 is 2.37 bits per heavy atom. The third-order valence-corrected chi connectivity index (χ3v) is 11.1. The number of fused-ring (bicyclic) bond motifs is 4. The van der Waals surface area contributed by atoms with Gasteiger partial charge in [-0.3, -0.25) is 4.79 Å². The van der Waals surface area contributed by atoms with Gasteiger partial charge in [-0.25, -0.2) is 28.1 Å². The molecule has 1 N–H and O–H groups in total. The van der Waals surface area contributed by atoms with Gasteiger partial charge in [0.2, 0.25) is 11.8 Å². The Hall–Kier alpha value is -4.58. The smallest absolute Gasteiger partial charge is 0.264 e. The van der Waals surface area contributed by atoms with Gasteiger partial charge < -0.3 is 14.5 Å². The molecule has 2 aromatic carbocycles. The van der Waals surface area contributed by atoms with Crippen LogP contribution in [0.25, 0.3) is 11.3 Å². The Labute approximate surface area is 288 Å². The minimum Gasteiger partial charge on any atom is -0.475 e. The van der Waals surface area contributed by atoms with Crippen LogP contribution in [0.15, 0.2) is 65.8 Å². The second kappa shape index (κ2) is 12.4. The number of carbonyl (C=O) groups is 1. The van der Waals surface area contributed by atoms with Gasteiger partial charge in [0, 0.05) is 30.3 Å². The summed E-state index contributed by atoms with van der Waals surface area (Å²) in [4.78, 5) is 37.0. The number of anilines is 2. The van der Waals surface area contributed by atoms with Gasteiger partial charge in [-0.1, -0.05) is 45.0 Å². The lowest BCUT2D eigenvalue weighted by molar-refractivity contribution is 0.0505. The number of nitrogens with one attached hydrogen (secondary N) is 1. The lowest BCUT2D eigenvalue weighted by atomic mass is 9.87. The van der Waals surface area contributed by atoms with E-state index in [9.17, 15) is 13.2 Å². The summed E-state index contributed by atoms with van der Waals surface area (Å²) >= 11 is 0. The standard InChI is InChI=1S/C37H43N7O4S/c1-24-8-6-9-25(2)33(24)30-17-32-41-35(40-30)42-49(46,47)29-11-7-10-26(16-29)34(45)44(27(22-48-32)18-36(3,4)5)21-31-38-19-28(20-39-31)43-15-14-37(23-43)12-13-37/h6-11,16-17,19-20,27H,12-15,18,21-23H2,1-5H3,(H,40,41,42)/t27-/m1/s1. The van der Waals surface area contributed by atoms with Crippen LogP contribution in [0.2, 0.25) is 0 Å². The van der Waals surface area contributed by atoms with E-state index < -0.39 is 16.1 Å². The summed E-state index contributed by atoms with van der Waals surface area (Å²) in [6, 6.07) is 13.3. The number of amides is 1. The first-order valence-electron chi connectivity index (χ1n) is 16.9. The monoisotopic (exact) mass is 681 g/mol. The highest BCUT2D eigenvalue weighted by molar-refractivity contribution is 7.92. The highest BCUT2D eigenvalue weighted by Gasteiger charge is 2.47. The molecule has 0 radical (unpaired) electrons. The average Bonchev–Trinajstić information content (AvgIpc) is 3.68. The van der Waals surface area contributed by atoms with Crippen molar-refractivity contribution in [3.05, 3.63) is 83.4 Å². The van der Waals surface area contributed by atoms with Crippen LogP contribution >= 0.6 is 0 Å². The summed E-state index contributed by atoms with van der Waals surface area (Å²) in [5.74, 6) is 0.232. The van der Waals surface area contributed by atoms with Crippen LogP contribution in [0.3, 0.4) is 0 Å². The first-order valence-corrected chi connectivity index (χ1v) is 18.3. The number of aryl methyl sites for hydroxylation is 2. The molecule has 1 spiro atoms. The van der Waals surface area contributed by atoms with Crippen molar-refractivity contribution in [2.24, 2.45) is 10.8 Å². The predicted octanol–water partition coefficient (Wildman–Crippen LogP) is 6.18. The highest BCUT2D eigenvalue weighted by atomic mass is 32.2. The largest absolute Gasteiger partial charge is 0.475 e. The number of rotatable bonds is 5. The van der Waals surface area contributed by atoms with E-state index in [-0.39, 0.29) is 46.8 Å². The van der Waals surface area contributed by atoms with Crippen molar-refractivity contribution in [1.29, 1.82) is 0 Å². The van der Waals surface area contributed by atoms with Crippen molar-refractivity contribution >= 4 is 27.6 Å². The third kappa shape index (κ3) is 7.10. The van der Waals surface area contributed by atoms with Gasteiger partial charge in [-0.15, -0.1) is 0 Å². The van der Waals surface area contributed by atoms with Crippen LogP contribution in [0.1, 0.15) is 73.8 Å². The van der Waals surface area contributed by atoms with Crippen molar-refractivity contribution in [3.63, 3.8) is 0 Å². The Balaban J connectivity index is 1.29. The Bertz CT molecular complexity index is 1990. The molecule has 1 amide bonds. The molecule has 256 valence electrons. The highest BCUT2D eigenvalue weighted by Crippen LogP contribution is 2.53. The maximum absolute atomic E-state index is 14.4. The number of hydrogen-bond donors (Lipinski definition) is 1. The summed E-state index contributed by atoms with van der Waals surface area (Å²) in [6.45, 7) is 12.6. The van der Waals surface area contributed by atoms with E-state index in [4.69, 9.17) is 14.7 Å². The molecule has 4 bridgehead atoms. The van der Waals surface area contributed by atoms with Crippen molar-refractivity contribution < 1.29 is 17.9 Å². The molecule has 4 aromatic rings. The van der Waals surface area contributed by atoms with E-state index in [0.29, 0.717) is 23.4 Å². The lowest BCUT2D eigenvalue weighted by Crippen LogP contribution is -2.45. The zero-order valence-electron chi connectivity index (χ0n) is 28.7. The number of carbonyl (C=O) groups excluding carboxylic acids is 1. The SMILES string of the molecule is Cc1cccc(C)c1-c1cc2nc(n1)NS(=O)(=O)c1cccc(c1)C(=O)N(Cc1ncc(N3CCC4(CC4)C3)cn1)[C@H](CC(C)(C)C)CO2. The zero-order valence-corrected chi connectivity index (χ0v) is 29.5. The molecule has 2 aliphatic heterocycles. The molecule has 7 rings (SSSR count). The minimum atomic E-state index is -4.17. The topological polar surface area (TPSA) is 131 Å². The van der Waals surface area contributed by atoms with Crippen LogP contribution < -0.4 is 14.4 Å². The fourth-order valence-electron chi connectivity index (χ4n) is 7.03. The molecule has 2 aromatic heterocycles. The quantitative estimate of drug-likeness (QED) is 0.262. The fraction of sp³-hybridized carbons (Fsp3) is 0.432. The van der Waals surface area contributed by atoms with Gasteiger partial charge in [-0.05, 0) is 79.7 Å². The first kappa shape index (κ1) is 32.9. The second-order valence-electron chi connectivity index (χ2n) is 15.0. The molecule has 1 atom stereocenters. The van der Waals surface area contributed by atoms with Crippen LogP contribution in [0, 0.1) is 24.7 Å². The Kier molecular flexibility index (Phi) is 8.33. The molecule has 49 heavy (non-hydrogen) atoms. The van der Waals surface area contributed by atoms with Crippen molar-refractivity contribution in [2.45, 2.75) is 77.8 Å². The normalized spacial score (nSPS) is 19.8. The van der Waals surface area contributed by atoms with Crippen LogP contribution in [-0.4, -0.2) is 64.9 Å². The first-order chi connectivity index (χ1) is 23.3. The summed E-state index contributed by atoms with van der Waals surface area (Å²) in [7, 11) is -4.17. The molecule has 3 aliphatic rings. The third-order valence-electron chi connectivity index (χ3n) is 9.79. The molecule has 1 saturated heterocycles. The van der Waals surface area contributed by atoms with E-state index in [1.807, 2.05) is 44.4 Å². The van der Waals surface area contributed by atoms with E-state index >= 15 is 0 Å². The second-order valence-corrected chi connectivity index (χ2v) is 16.7. The molecular formula is C37H43N7O4S. The predicted molar refractivity (Wildman–Crippen MR) is 188 cm³/mol. The fourth-order valence-corrected chi connectivity index (χ4v) is 8.02. The number of sulfonamides is 1. The summed E-state index contributed by atoms with van der Waals surface area (Å²) in [5.41, 5.74) is 4.87. The number of ether oxygens (including phenoxy) is 1. The lowest BCUT2D eigenvalue weighted by Gasteiger charge is -2.35. The maximum Gasteiger partial charge on any atom is 0.264 e. The molecule has 11 nitrogen and oxygen atoms in total. The maximum atomic E-state index is 14.4.